The molecule has 1 aromatic carbocycles. The fraction of sp³-hybridized carbons (Fsp3) is 0.333. The number of benzene rings is 1. The molecule has 0 aromatic heterocycles. The Morgan fingerprint density at radius 3 is 2.76 bits per heavy atom. The number of nitrogens with zero attached hydrogens (tertiary/aromatic N) is 1. The van der Waals surface area contributed by atoms with Crippen molar-refractivity contribution in [3.63, 3.8) is 0 Å². The lowest BCUT2D eigenvalue weighted by Gasteiger charge is -2.19. The van der Waals surface area contributed by atoms with Crippen molar-refractivity contribution in [2.45, 2.75) is 11.3 Å². The molecule has 0 atom stereocenters. The smallest absolute Gasteiger partial charge is 0.335 e. The largest absolute Gasteiger partial charge is 0.478 e. The highest BCUT2D eigenvalue weighted by atomic mass is 32.2. The van der Waals surface area contributed by atoms with Gasteiger partial charge in [0, 0.05) is 13.1 Å². The van der Waals surface area contributed by atoms with E-state index in [0.717, 1.165) is 22.5 Å². The number of carbonyl (C=O) groups is 2. The summed E-state index contributed by atoms with van der Waals surface area (Å²) in [5, 5.41) is 11.4. The third-order valence-electron chi connectivity index (χ3n) is 3.02. The summed E-state index contributed by atoms with van der Waals surface area (Å²) in [7, 11) is -4.27. The zero-order valence-corrected chi connectivity index (χ0v) is 11.7. The molecule has 0 saturated carbocycles. The number of carboxylic acids is 1. The van der Waals surface area contributed by atoms with E-state index in [0.29, 0.717) is 13.0 Å². The zero-order chi connectivity index (χ0) is 15.6. The van der Waals surface area contributed by atoms with Crippen LogP contribution in [0, 0.1) is 5.82 Å². The SMILES string of the molecule is O=C1CN(S(=O)(=O)c2cc(C(=O)O)ccc2F)CCCN1. The maximum atomic E-state index is 13.8. The molecule has 2 rings (SSSR count). The molecule has 7 nitrogen and oxygen atoms in total. The Morgan fingerprint density at radius 1 is 1.38 bits per heavy atom. The molecule has 1 aliphatic heterocycles. The molecule has 1 saturated heterocycles. The van der Waals surface area contributed by atoms with Crippen LogP contribution < -0.4 is 5.32 Å². The first-order valence-corrected chi connectivity index (χ1v) is 7.56. The van der Waals surface area contributed by atoms with Crippen LogP contribution in [0.1, 0.15) is 16.8 Å². The Kier molecular flexibility index (Phi) is 4.24. The topological polar surface area (TPSA) is 104 Å². The molecule has 1 aromatic rings. The van der Waals surface area contributed by atoms with Gasteiger partial charge < -0.3 is 10.4 Å². The summed E-state index contributed by atoms with van der Waals surface area (Å²) in [4.78, 5) is 21.6. The van der Waals surface area contributed by atoms with Crippen LogP contribution in [-0.2, 0) is 14.8 Å². The number of halogens is 1. The van der Waals surface area contributed by atoms with Gasteiger partial charge in [0.15, 0.2) is 0 Å². The first-order chi connectivity index (χ1) is 9.82. The van der Waals surface area contributed by atoms with E-state index in [9.17, 15) is 22.4 Å². The molecule has 2 N–H and O–H groups in total. The third kappa shape index (κ3) is 3.19. The summed E-state index contributed by atoms with van der Waals surface area (Å²) in [5.74, 6) is -2.89. The number of amides is 1. The maximum Gasteiger partial charge on any atom is 0.335 e. The first kappa shape index (κ1) is 15.4. The van der Waals surface area contributed by atoms with Crippen molar-refractivity contribution in [1.82, 2.24) is 9.62 Å². The van der Waals surface area contributed by atoms with Crippen LogP contribution in [0.25, 0.3) is 0 Å². The number of hydrogen-bond acceptors (Lipinski definition) is 4. The maximum absolute atomic E-state index is 13.8. The molecule has 0 spiro atoms. The highest BCUT2D eigenvalue weighted by Crippen LogP contribution is 2.21. The first-order valence-electron chi connectivity index (χ1n) is 6.12. The standard InChI is InChI=1S/C12H13FN2O5S/c13-9-3-2-8(12(17)18)6-10(9)21(19,20)15-5-1-4-14-11(16)7-15/h2-3,6H,1,4-5,7H2,(H,14,16)(H,17,18). The van der Waals surface area contributed by atoms with Crippen LogP contribution in [0.4, 0.5) is 4.39 Å². The summed E-state index contributed by atoms with van der Waals surface area (Å²) in [6.07, 6.45) is 0.394. The van der Waals surface area contributed by atoms with Gasteiger partial charge in [0.1, 0.15) is 10.7 Å². The molecular formula is C12H13FN2O5S. The minimum Gasteiger partial charge on any atom is -0.478 e. The third-order valence-corrected chi connectivity index (χ3v) is 4.88. The van der Waals surface area contributed by atoms with Gasteiger partial charge in [-0.3, -0.25) is 4.79 Å². The summed E-state index contributed by atoms with van der Waals surface area (Å²) < 4.78 is 39.4. The number of carbonyl (C=O) groups excluding carboxylic acids is 1. The summed E-state index contributed by atoms with van der Waals surface area (Å²) in [6, 6.07) is 2.52. The van der Waals surface area contributed by atoms with Gasteiger partial charge >= 0.3 is 5.97 Å². The van der Waals surface area contributed by atoms with E-state index in [1.54, 1.807) is 0 Å². The van der Waals surface area contributed by atoms with E-state index in [1.165, 1.54) is 0 Å². The fourth-order valence-corrected chi connectivity index (χ4v) is 3.48. The second kappa shape index (κ2) is 5.78. The lowest BCUT2D eigenvalue weighted by Crippen LogP contribution is -2.37. The lowest BCUT2D eigenvalue weighted by atomic mass is 10.2. The second-order valence-electron chi connectivity index (χ2n) is 4.49. The molecule has 114 valence electrons. The molecule has 21 heavy (non-hydrogen) atoms. The Labute approximate surface area is 120 Å². The summed E-state index contributed by atoms with van der Waals surface area (Å²) in [6.45, 7) is -0.0284. The van der Waals surface area contributed by atoms with Crippen LogP contribution in [0.2, 0.25) is 0 Å². The predicted octanol–water partition coefficient (Wildman–Crippen LogP) is 0.0345. The van der Waals surface area contributed by atoms with Crippen molar-refractivity contribution in [1.29, 1.82) is 0 Å². The monoisotopic (exact) mass is 316 g/mol. The predicted molar refractivity (Wildman–Crippen MR) is 69.7 cm³/mol. The quantitative estimate of drug-likeness (QED) is 0.819. The normalized spacial score (nSPS) is 17.1. The Bertz CT molecular complexity index is 689. The van der Waals surface area contributed by atoms with Crippen LogP contribution in [0.15, 0.2) is 23.1 Å². The highest BCUT2D eigenvalue weighted by Gasteiger charge is 2.31. The molecule has 1 heterocycles. The minimum atomic E-state index is -4.27. The second-order valence-corrected chi connectivity index (χ2v) is 6.40. The van der Waals surface area contributed by atoms with Crippen LogP contribution >= 0.6 is 0 Å². The van der Waals surface area contributed by atoms with Gasteiger partial charge in [0.25, 0.3) is 0 Å². The number of carboxylic acid groups (broad SMARTS) is 1. The summed E-state index contributed by atoms with van der Waals surface area (Å²) >= 11 is 0. The Balaban J connectivity index is 2.45. The van der Waals surface area contributed by atoms with E-state index in [4.69, 9.17) is 5.11 Å². The van der Waals surface area contributed by atoms with Crippen molar-refractivity contribution >= 4 is 21.9 Å². The molecule has 0 unspecified atom stereocenters. The van der Waals surface area contributed by atoms with Crippen molar-refractivity contribution in [2.24, 2.45) is 0 Å². The van der Waals surface area contributed by atoms with Gasteiger partial charge in [0.05, 0.1) is 12.1 Å². The number of sulfonamides is 1. The number of nitrogens with one attached hydrogen (secondary N) is 1. The lowest BCUT2D eigenvalue weighted by molar-refractivity contribution is -0.120. The van der Waals surface area contributed by atoms with Crippen LogP contribution in [0.5, 0.6) is 0 Å². The van der Waals surface area contributed by atoms with Gasteiger partial charge in [-0.2, -0.15) is 4.31 Å². The van der Waals surface area contributed by atoms with E-state index < -0.39 is 39.2 Å². The van der Waals surface area contributed by atoms with Crippen molar-refractivity contribution in [3.8, 4) is 0 Å². The Hall–Kier alpha value is -2.00. The number of hydrogen-bond donors (Lipinski definition) is 2. The highest BCUT2D eigenvalue weighted by molar-refractivity contribution is 7.89. The van der Waals surface area contributed by atoms with Gasteiger partial charge in [-0.05, 0) is 24.6 Å². The molecule has 1 fully saturated rings. The van der Waals surface area contributed by atoms with E-state index >= 15 is 0 Å². The molecule has 1 amide bonds. The van der Waals surface area contributed by atoms with Gasteiger partial charge in [-0.15, -0.1) is 0 Å². The molecular weight excluding hydrogens is 303 g/mol. The number of rotatable bonds is 3. The van der Waals surface area contributed by atoms with E-state index in [2.05, 4.69) is 5.32 Å². The molecule has 1 aliphatic rings. The van der Waals surface area contributed by atoms with Gasteiger partial charge in [-0.25, -0.2) is 17.6 Å². The summed E-state index contributed by atoms with van der Waals surface area (Å²) in [5.41, 5.74) is -0.339. The van der Waals surface area contributed by atoms with Gasteiger partial charge in [0.2, 0.25) is 15.9 Å². The van der Waals surface area contributed by atoms with Crippen molar-refractivity contribution in [2.75, 3.05) is 19.6 Å². The Morgan fingerprint density at radius 2 is 2.10 bits per heavy atom. The average Bonchev–Trinajstić information content (AvgIpc) is 2.64. The van der Waals surface area contributed by atoms with Crippen molar-refractivity contribution in [3.05, 3.63) is 29.6 Å². The average molecular weight is 316 g/mol. The minimum absolute atomic E-state index is 0.0534. The van der Waals surface area contributed by atoms with Crippen LogP contribution in [-0.4, -0.2) is 49.3 Å². The van der Waals surface area contributed by atoms with Crippen LogP contribution in [0.3, 0.4) is 0 Å². The van der Waals surface area contributed by atoms with Gasteiger partial charge in [-0.1, -0.05) is 0 Å². The number of aromatic carboxylic acids is 1. The molecule has 9 heteroatoms. The molecule has 0 radical (unpaired) electrons. The van der Waals surface area contributed by atoms with Crippen molar-refractivity contribution < 1.29 is 27.5 Å². The van der Waals surface area contributed by atoms with E-state index in [1.807, 2.05) is 0 Å². The zero-order valence-electron chi connectivity index (χ0n) is 10.9. The van der Waals surface area contributed by atoms with E-state index in [-0.39, 0.29) is 12.1 Å². The fourth-order valence-electron chi connectivity index (χ4n) is 1.96. The molecule has 0 aliphatic carbocycles. The molecule has 0 bridgehead atoms.